The van der Waals surface area contributed by atoms with Crippen molar-refractivity contribution in [1.82, 2.24) is 19.7 Å². The van der Waals surface area contributed by atoms with E-state index in [1.165, 1.54) is 6.07 Å². The van der Waals surface area contributed by atoms with Crippen LogP contribution in [0, 0.1) is 13.8 Å². The summed E-state index contributed by atoms with van der Waals surface area (Å²) in [6.07, 6.45) is -4.38. The molecule has 31 heavy (non-hydrogen) atoms. The number of aromatic nitrogens is 3. The second-order valence-electron chi connectivity index (χ2n) is 7.51. The summed E-state index contributed by atoms with van der Waals surface area (Å²) in [5.41, 5.74) is 1.70. The molecule has 3 aromatic rings. The van der Waals surface area contributed by atoms with Crippen molar-refractivity contribution in [3.05, 3.63) is 71.3 Å². The molecule has 1 aromatic heterocycles. The lowest BCUT2D eigenvalue weighted by atomic mass is 10.1. The van der Waals surface area contributed by atoms with Crippen molar-refractivity contribution in [2.75, 3.05) is 31.1 Å². The fraction of sp³-hybridized carbons (Fsp3) is 0.318. The predicted molar refractivity (Wildman–Crippen MR) is 110 cm³/mol. The summed E-state index contributed by atoms with van der Waals surface area (Å²) in [7, 11) is 0. The van der Waals surface area contributed by atoms with Crippen molar-refractivity contribution in [1.29, 1.82) is 0 Å². The molecule has 1 saturated heterocycles. The van der Waals surface area contributed by atoms with Gasteiger partial charge in [-0.05, 0) is 43.7 Å². The highest BCUT2D eigenvalue weighted by molar-refractivity contribution is 5.90. The Balaban J connectivity index is 1.46. The Hall–Kier alpha value is -3.36. The first-order valence-corrected chi connectivity index (χ1v) is 9.95. The number of nitrogens with zero attached hydrogens (tertiary/aromatic N) is 5. The SMILES string of the molecule is Cc1ccccc1-n1nc(C(=O)N2CCN(c3cccc(C(F)(F)F)c3)CC2)nc1C. The summed E-state index contributed by atoms with van der Waals surface area (Å²) in [5.74, 6) is 0.452. The number of hydrogen-bond acceptors (Lipinski definition) is 4. The molecular weight excluding hydrogens is 407 g/mol. The van der Waals surface area contributed by atoms with Gasteiger partial charge in [-0.2, -0.15) is 13.2 Å². The van der Waals surface area contributed by atoms with Crippen LogP contribution in [-0.4, -0.2) is 51.8 Å². The van der Waals surface area contributed by atoms with Crippen LogP contribution in [0.1, 0.15) is 27.6 Å². The topological polar surface area (TPSA) is 54.3 Å². The molecule has 0 bridgehead atoms. The van der Waals surface area contributed by atoms with E-state index in [9.17, 15) is 18.0 Å². The Bertz CT molecular complexity index is 1100. The Morgan fingerprint density at radius 3 is 2.35 bits per heavy atom. The van der Waals surface area contributed by atoms with Crippen LogP contribution < -0.4 is 4.90 Å². The number of benzene rings is 2. The van der Waals surface area contributed by atoms with Gasteiger partial charge in [0.05, 0.1) is 11.3 Å². The first kappa shape index (κ1) is 20.9. The van der Waals surface area contributed by atoms with Gasteiger partial charge in [0.2, 0.25) is 5.82 Å². The van der Waals surface area contributed by atoms with Crippen LogP contribution in [0.2, 0.25) is 0 Å². The Morgan fingerprint density at radius 2 is 1.68 bits per heavy atom. The maximum Gasteiger partial charge on any atom is 0.416 e. The van der Waals surface area contributed by atoms with Crippen molar-refractivity contribution in [2.24, 2.45) is 0 Å². The molecule has 0 atom stereocenters. The van der Waals surface area contributed by atoms with Gasteiger partial charge in [0.1, 0.15) is 5.82 Å². The fourth-order valence-electron chi connectivity index (χ4n) is 3.70. The fourth-order valence-corrected chi connectivity index (χ4v) is 3.70. The third kappa shape index (κ3) is 4.26. The zero-order valence-electron chi connectivity index (χ0n) is 17.2. The molecule has 1 fully saturated rings. The minimum Gasteiger partial charge on any atom is -0.368 e. The van der Waals surface area contributed by atoms with Crippen molar-refractivity contribution in [3.8, 4) is 5.69 Å². The number of rotatable bonds is 3. The summed E-state index contributed by atoms with van der Waals surface area (Å²) in [6, 6.07) is 13.0. The van der Waals surface area contributed by atoms with Crippen LogP contribution >= 0.6 is 0 Å². The molecule has 0 spiro atoms. The molecule has 1 aliphatic heterocycles. The van der Waals surface area contributed by atoms with E-state index in [1.54, 1.807) is 22.6 Å². The second-order valence-corrected chi connectivity index (χ2v) is 7.51. The lowest BCUT2D eigenvalue weighted by Gasteiger charge is -2.35. The van der Waals surface area contributed by atoms with Crippen molar-refractivity contribution in [3.63, 3.8) is 0 Å². The van der Waals surface area contributed by atoms with Gasteiger partial charge < -0.3 is 9.80 Å². The van der Waals surface area contributed by atoms with Gasteiger partial charge >= 0.3 is 6.18 Å². The molecule has 9 heteroatoms. The summed E-state index contributed by atoms with van der Waals surface area (Å²) >= 11 is 0. The minimum absolute atomic E-state index is 0.119. The summed E-state index contributed by atoms with van der Waals surface area (Å²) in [5, 5.41) is 4.41. The Morgan fingerprint density at radius 1 is 0.968 bits per heavy atom. The largest absolute Gasteiger partial charge is 0.416 e. The van der Waals surface area contributed by atoms with Crippen LogP contribution in [0.5, 0.6) is 0 Å². The number of alkyl halides is 3. The van der Waals surface area contributed by atoms with Gasteiger partial charge in [-0.1, -0.05) is 24.3 Å². The number of aryl methyl sites for hydroxylation is 2. The van der Waals surface area contributed by atoms with E-state index in [-0.39, 0.29) is 11.7 Å². The van der Waals surface area contributed by atoms with Gasteiger partial charge in [-0.15, -0.1) is 5.10 Å². The molecule has 1 amide bonds. The summed E-state index contributed by atoms with van der Waals surface area (Å²) in [4.78, 5) is 20.8. The maximum atomic E-state index is 13.0. The van der Waals surface area contributed by atoms with Crippen LogP contribution in [-0.2, 0) is 6.18 Å². The first-order chi connectivity index (χ1) is 14.7. The number of halogens is 3. The Labute approximate surface area is 177 Å². The van der Waals surface area contributed by atoms with Gasteiger partial charge in [0, 0.05) is 31.9 Å². The quantitative estimate of drug-likeness (QED) is 0.635. The second kappa shape index (κ2) is 8.05. The number of carbonyl (C=O) groups excluding carboxylic acids is 1. The van der Waals surface area contributed by atoms with Crippen molar-refractivity contribution < 1.29 is 18.0 Å². The number of amides is 1. The molecule has 2 aromatic carbocycles. The van der Waals surface area contributed by atoms with Crippen LogP contribution in [0.15, 0.2) is 48.5 Å². The molecule has 0 aliphatic carbocycles. The zero-order valence-corrected chi connectivity index (χ0v) is 17.2. The third-order valence-corrected chi connectivity index (χ3v) is 5.41. The molecule has 162 valence electrons. The van der Waals surface area contributed by atoms with Gasteiger partial charge in [0.25, 0.3) is 5.91 Å². The molecule has 2 heterocycles. The number of piperazine rings is 1. The Kier molecular flexibility index (Phi) is 5.43. The predicted octanol–water partition coefficient (Wildman–Crippen LogP) is 3.87. The number of hydrogen-bond donors (Lipinski definition) is 0. The summed E-state index contributed by atoms with van der Waals surface area (Å²) in [6.45, 7) is 5.39. The highest BCUT2D eigenvalue weighted by Crippen LogP contribution is 2.32. The van der Waals surface area contributed by atoms with Crippen LogP contribution in [0.3, 0.4) is 0 Å². The molecule has 4 rings (SSSR count). The van der Waals surface area contributed by atoms with Crippen LogP contribution in [0.4, 0.5) is 18.9 Å². The lowest BCUT2D eigenvalue weighted by molar-refractivity contribution is -0.137. The minimum atomic E-state index is -4.38. The molecule has 6 nitrogen and oxygen atoms in total. The highest BCUT2D eigenvalue weighted by atomic mass is 19.4. The smallest absolute Gasteiger partial charge is 0.368 e. The normalized spacial score (nSPS) is 14.7. The van der Waals surface area contributed by atoms with Crippen molar-refractivity contribution >= 4 is 11.6 Å². The molecule has 1 aliphatic rings. The molecule has 0 N–H and O–H groups in total. The van der Waals surface area contributed by atoms with Crippen molar-refractivity contribution in [2.45, 2.75) is 20.0 Å². The number of para-hydroxylation sites is 1. The monoisotopic (exact) mass is 429 g/mol. The highest BCUT2D eigenvalue weighted by Gasteiger charge is 2.31. The third-order valence-electron chi connectivity index (χ3n) is 5.41. The first-order valence-electron chi connectivity index (χ1n) is 9.95. The number of carbonyl (C=O) groups is 1. The van der Waals surface area contributed by atoms with E-state index < -0.39 is 11.7 Å². The van der Waals surface area contributed by atoms with E-state index in [0.29, 0.717) is 37.7 Å². The maximum absolute atomic E-state index is 13.0. The van der Waals surface area contributed by atoms with E-state index in [2.05, 4.69) is 10.1 Å². The van der Waals surface area contributed by atoms with E-state index >= 15 is 0 Å². The van der Waals surface area contributed by atoms with Gasteiger partial charge in [0.15, 0.2) is 0 Å². The molecule has 0 radical (unpaired) electrons. The lowest BCUT2D eigenvalue weighted by Crippen LogP contribution is -2.49. The van der Waals surface area contributed by atoms with E-state index in [4.69, 9.17) is 0 Å². The van der Waals surface area contributed by atoms with Crippen LogP contribution in [0.25, 0.3) is 5.69 Å². The summed E-state index contributed by atoms with van der Waals surface area (Å²) < 4.78 is 40.6. The molecular formula is C22H22F3N5O. The average molecular weight is 429 g/mol. The van der Waals surface area contributed by atoms with E-state index in [1.807, 2.05) is 36.1 Å². The molecule has 0 saturated carbocycles. The molecule has 0 unspecified atom stereocenters. The van der Waals surface area contributed by atoms with E-state index in [0.717, 1.165) is 23.4 Å². The standard InChI is InChI=1S/C22H22F3N5O/c1-15-6-3-4-9-19(15)30-16(2)26-20(27-30)21(31)29-12-10-28(11-13-29)18-8-5-7-17(14-18)22(23,24)25/h3-9,14H,10-13H2,1-2H3. The number of anilines is 1. The average Bonchev–Trinajstić information content (AvgIpc) is 3.14. The van der Waals surface area contributed by atoms with Gasteiger partial charge in [-0.25, -0.2) is 9.67 Å². The van der Waals surface area contributed by atoms with Gasteiger partial charge in [-0.3, -0.25) is 4.79 Å². The zero-order chi connectivity index (χ0) is 22.2.